The summed E-state index contributed by atoms with van der Waals surface area (Å²) in [4.78, 5) is 27.4. The number of aromatic amines is 1. The average Bonchev–Trinajstić information content (AvgIpc) is 2.88. The van der Waals surface area contributed by atoms with Gasteiger partial charge < -0.3 is 5.11 Å². The molecular formula is C18H18N6O3S. The van der Waals surface area contributed by atoms with E-state index in [1.54, 1.807) is 30.8 Å². The number of para-hydroxylation sites is 1. The topological polar surface area (TPSA) is 110 Å². The molecule has 0 saturated heterocycles. The summed E-state index contributed by atoms with van der Waals surface area (Å²) < 4.78 is 4.36. The van der Waals surface area contributed by atoms with Crippen molar-refractivity contribution >= 4 is 23.6 Å². The number of azo groups is 1. The molecular weight excluding hydrogens is 380 g/mol. The predicted molar refractivity (Wildman–Crippen MR) is 108 cm³/mol. The third-order valence-electron chi connectivity index (χ3n) is 4.23. The number of hydrogen-bond donors (Lipinski definition) is 2. The van der Waals surface area contributed by atoms with Gasteiger partial charge in [-0.1, -0.05) is 24.3 Å². The van der Waals surface area contributed by atoms with Crippen LogP contribution in [0.1, 0.15) is 5.69 Å². The zero-order valence-electron chi connectivity index (χ0n) is 15.3. The zero-order chi connectivity index (χ0) is 20.4. The molecule has 2 N–H and O–H groups in total. The van der Waals surface area contributed by atoms with Gasteiger partial charge in [-0.3, -0.25) is 23.8 Å². The molecule has 0 aliphatic carbocycles. The molecule has 3 rings (SSSR count). The zero-order valence-corrected chi connectivity index (χ0v) is 16.1. The van der Waals surface area contributed by atoms with Gasteiger partial charge in [-0.15, -0.1) is 16.8 Å². The van der Waals surface area contributed by atoms with Crippen LogP contribution in [0.3, 0.4) is 0 Å². The van der Waals surface area contributed by atoms with Crippen LogP contribution in [-0.2, 0) is 13.6 Å². The maximum Gasteiger partial charge on any atom is 0.299 e. The Morgan fingerprint density at radius 3 is 2.50 bits per heavy atom. The van der Waals surface area contributed by atoms with Crippen molar-refractivity contribution in [3.05, 3.63) is 74.2 Å². The van der Waals surface area contributed by atoms with E-state index in [4.69, 9.17) is 12.2 Å². The highest BCUT2D eigenvalue weighted by Crippen LogP contribution is 2.24. The van der Waals surface area contributed by atoms with Crippen LogP contribution in [0.4, 0.5) is 11.4 Å². The second-order valence-corrected chi connectivity index (χ2v) is 6.33. The Morgan fingerprint density at radius 1 is 1.21 bits per heavy atom. The lowest BCUT2D eigenvalue weighted by Gasteiger charge is -2.07. The van der Waals surface area contributed by atoms with E-state index in [2.05, 4.69) is 21.8 Å². The van der Waals surface area contributed by atoms with E-state index in [9.17, 15) is 14.7 Å². The Balaban J connectivity index is 2.14. The van der Waals surface area contributed by atoms with Gasteiger partial charge in [0.05, 0.1) is 11.4 Å². The van der Waals surface area contributed by atoms with Gasteiger partial charge in [0.25, 0.3) is 11.1 Å². The monoisotopic (exact) mass is 398 g/mol. The highest BCUT2D eigenvalue weighted by atomic mass is 32.1. The van der Waals surface area contributed by atoms with E-state index in [0.717, 1.165) is 0 Å². The molecule has 0 amide bonds. The van der Waals surface area contributed by atoms with Gasteiger partial charge in [0.15, 0.2) is 10.5 Å². The van der Waals surface area contributed by atoms with Crippen molar-refractivity contribution in [2.45, 2.75) is 13.5 Å². The number of aromatic nitrogens is 4. The molecule has 0 unspecified atom stereocenters. The van der Waals surface area contributed by atoms with Gasteiger partial charge in [0, 0.05) is 13.6 Å². The van der Waals surface area contributed by atoms with Crippen molar-refractivity contribution in [2.24, 2.45) is 17.3 Å². The van der Waals surface area contributed by atoms with E-state index in [1.165, 1.54) is 15.3 Å². The number of allylic oxidation sites excluding steroid dienone is 1. The summed E-state index contributed by atoms with van der Waals surface area (Å²) in [6.07, 6.45) is 1.51. The molecule has 10 heteroatoms. The first kappa shape index (κ1) is 19.2. The maximum absolute atomic E-state index is 12.8. The van der Waals surface area contributed by atoms with Gasteiger partial charge >= 0.3 is 0 Å². The van der Waals surface area contributed by atoms with E-state index in [1.807, 2.05) is 18.2 Å². The summed E-state index contributed by atoms with van der Waals surface area (Å²) in [5.41, 5.74) is -0.174. The number of aromatic hydroxyl groups is 1. The minimum Gasteiger partial charge on any atom is -0.493 e. The van der Waals surface area contributed by atoms with Crippen LogP contribution in [0.25, 0.3) is 5.69 Å². The quantitative estimate of drug-likeness (QED) is 0.391. The maximum atomic E-state index is 12.8. The van der Waals surface area contributed by atoms with Gasteiger partial charge in [-0.25, -0.2) is 4.68 Å². The Kier molecular flexibility index (Phi) is 5.23. The van der Waals surface area contributed by atoms with Crippen molar-refractivity contribution < 1.29 is 5.11 Å². The Morgan fingerprint density at radius 2 is 1.86 bits per heavy atom. The summed E-state index contributed by atoms with van der Waals surface area (Å²) in [7, 11) is 1.72. The Labute approximate surface area is 164 Å². The van der Waals surface area contributed by atoms with Crippen molar-refractivity contribution in [2.75, 3.05) is 0 Å². The molecule has 0 aliphatic rings. The minimum absolute atomic E-state index is 0.0312. The fourth-order valence-corrected chi connectivity index (χ4v) is 2.96. The Hall–Kier alpha value is -3.53. The van der Waals surface area contributed by atoms with Gasteiger partial charge in [0.1, 0.15) is 0 Å². The standard InChI is InChI=1S/C18H18N6O3S/c1-4-10-23-16(26)14(15(25)19-18(23)28)21-20-13-11(2)22(3)24(17(13)27)12-8-6-5-7-9-12/h4-9,26H,1,10H2,2-3H3,(H,19,25,28). The third-order valence-corrected chi connectivity index (χ3v) is 4.56. The van der Waals surface area contributed by atoms with Crippen LogP contribution in [0.15, 0.2) is 62.8 Å². The van der Waals surface area contributed by atoms with E-state index in [-0.39, 0.29) is 22.7 Å². The number of nitrogens with zero attached hydrogens (tertiary/aromatic N) is 5. The second kappa shape index (κ2) is 7.61. The molecule has 2 heterocycles. The SMILES string of the molecule is C=CCn1c(O)c(N=Nc2c(C)n(C)n(-c3ccccc3)c2=O)c(=O)[nH]c1=S. The normalized spacial score (nSPS) is 11.2. The highest BCUT2D eigenvalue weighted by Gasteiger charge is 2.17. The minimum atomic E-state index is -0.705. The summed E-state index contributed by atoms with van der Waals surface area (Å²) in [6.45, 7) is 5.46. The number of benzene rings is 1. The lowest BCUT2D eigenvalue weighted by molar-refractivity contribution is 0.416. The molecule has 2 aromatic heterocycles. The first-order valence-corrected chi connectivity index (χ1v) is 8.70. The van der Waals surface area contributed by atoms with Gasteiger partial charge in [-0.05, 0) is 31.3 Å². The van der Waals surface area contributed by atoms with Crippen LogP contribution in [0.2, 0.25) is 0 Å². The fourth-order valence-electron chi connectivity index (χ4n) is 2.71. The summed E-state index contributed by atoms with van der Waals surface area (Å²) >= 11 is 5.02. The van der Waals surface area contributed by atoms with Crippen LogP contribution >= 0.6 is 12.2 Å². The lowest BCUT2D eigenvalue weighted by Crippen LogP contribution is -2.19. The molecule has 1 aromatic carbocycles. The number of hydrogen-bond acceptors (Lipinski definition) is 6. The molecule has 0 saturated carbocycles. The van der Waals surface area contributed by atoms with Crippen molar-refractivity contribution in [1.29, 1.82) is 0 Å². The molecule has 0 radical (unpaired) electrons. The smallest absolute Gasteiger partial charge is 0.299 e. The van der Waals surface area contributed by atoms with E-state index in [0.29, 0.717) is 11.4 Å². The number of rotatable bonds is 5. The molecule has 0 bridgehead atoms. The molecule has 0 aliphatic heterocycles. The van der Waals surface area contributed by atoms with Crippen LogP contribution in [-0.4, -0.2) is 24.0 Å². The second-order valence-electron chi connectivity index (χ2n) is 5.94. The average molecular weight is 398 g/mol. The summed E-state index contributed by atoms with van der Waals surface area (Å²) in [5, 5.41) is 18.1. The van der Waals surface area contributed by atoms with Crippen LogP contribution in [0, 0.1) is 11.7 Å². The first-order valence-electron chi connectivity index (χ1n) is 8.29. The molecule has 3 aromatic rings. The largest absolute Gasteiger partial charge is 0.493 e. The van der Waals surface area contributed by atoms with E-state index >= 15 is 0 Å². The van der Waals surface area contributed by atoms with Crippen molar-refractivity contribution in [3.8, 4) is 11.6 Å². The fraction of sp³-hybridized carbons (Fsp3) is 0.167. The van der Waals surface area contributed by atoms with Gasteiger partial charge in [0.2, 0.25) is 11.6 Å². The molecule has 0 fully saturated rings. The molecule has 144 valence electrons. The lowest BCUT2D eigenvalue weighted by atomic mass is 10.3. The van der Waals surface area contributed by atoms with Crippen molar-refractivity contribution in [3.63, 3.8) is 0 Å². The number of nitrogens with one attached hydrogen (secondary N) is 1. The van der Waals surface area contributed by atoms with Crippen LogP contribution in [0.5, 0.6) is 5.88 Å². The molecule has 0 atom stereocenters. The first-order chi connectivity index (χ1) is 13.4. The van der Waals surface area contributed by atoms with Crippen molar-refractivity contribution in [1.82, 2.24) is 18.9 Å². The summed E-state index contributed by atoms with van der Waals surface area (Å²) in [6, 6.07) is 9.06. The van der Waals surface area contributed by atoms with E-state index < -0.39 is 17.0 Å². The molecule has 28 heavy (non-hydrogen) atoms. The predicted octanol–water partition coefficient (Wildman–Crippen LogP) is 3.01. The van der Waals surface area contributed by atoms with Gasteiger partial charge in [-0.2, -0.15) is 0 Å². The Bertz CT molecular complexity index is 1250. The molecule has 9 nitrogen and oxygen atoms in total. The summed E-state index contributed by atoms with van der Waals surface area (Å²) in [5.74, 6) is -0.450. The molecule has 0 spiro atoms. The highest BCUT2D eigenvalue weighted by molar-refractivity contribution is 7.71. The van der Waals surface area contributed by atoms with Crippen LogP contribution < -0.4 is 11.1 Å². The third kappa shape index (κ3) is 3.25. The number of H-pyrrole nitrogens is 1.